The first kappa shape index (κ1) is 10.9. The van der Waals surface area contributed by atoms with Crippen LogP contribution in [-0.4, -0.2) is 6.61 Å². The van der Waals surface area contributed by atoms with Crippen LogP contribution in [-0.2, 0) is 4.52 Å². The Morgan fingerprint density at radius 3 is 2.79 bits per heavy atom. The third-order valence-corrected chi connectivity index (χ3v) is 2.40. The van der Waals surface area contributed by atoms with Crippen molar-refractivity contribution < 1.29 is 4.52 Å². The first-order valence-electron chi connectivity index (χ1n) is 4.19. The van der Waals surface area contributed by atoms with Crippen molar-refractivity contribution in [2.45, 2.75) is 6.42 Å². The van der Waals surface area contributed by atoms with Gasteiger partial charge in [0.25, 0.3) is 0 Å². The lowest BCUT2D eigenvalue weighted by molar-refractivity contribution is 0.365. The number of nitrogens with two attached hydrogens (primary N) is 1. The maximum atomic E-state index is 8.28. The molecule has 4 nitrogen and oxygen atoms in total. The van der Waals surface area contributed by atoms with Gasteiger partial charge in [0.2, 0.25) is 8.45 Å². The molecule has 1 atom stereocenters. The molecular weight excluding hydrogens is 197 g/mol. The normalized spacial score (nSPS) is 11.7. The lowest BCUT2D eigenvalue weighted by Crippen LogP contribution is -2.04. The van der Waals surface area contributed by atoms with Crippen molar-refractivity contribution in [3.63, 3.8) is 0 Å². The molecule has 0 saturated heterocycles. The van der Waals surface area contributed by atoms with Gasteiger partial charge in [0.1, 0.15) is 0 Å². The summed E-state index contributed by atoms with van der Waals surface area (Å²) in [7, 11) is -1.17. The van der Waals surface area contributed by atoms with E-state index >= 15 is 0 Å². The molecule has 5 heteroatoms. The van der Waals surface area contributed by atoms with Gasteiger partial charge in [-0.2, -0.15) is 5.26 Å². The molecule has 0 aliphatic carbocycles. The first-order chi connectivity index (χ1) is 6.83. The third kappa shape index (κ3) is 4.20. The third-order valence-electron chi connectivity index (χ3n) is 1.46. The number of hydrogen-bond donors (Lipinski definition) is 2. The van der Waals surface area contributed by atoms with E-state index in [1.165, 1.54) is 0 Å². The van der Waals surface area contributed by atoms with Crippen molar-refractivity contribution >= 4 is 14.1 Å². The predicted octanol–water partition coefficient (Wildman–Crippen LogP) is 2.21. The van der Waals surface area contributed by atoms with E-state index in [4.69, 9.17) is 15.3 Å². The Hall–Kier alpha value is -1.14. The Morgan fingerprint density at radius 2 is 2.14 bits per heavy atom. The van der Waals surface area contributed by atoms with Gasteiger partial charge in [0.05, 0.1) is 19.1 Å². The number of rotatable bonds is 5. The quantitative estimate of drug-likeness (QED) is 0.576. The number of nitrogens with one attached hydrogen (secondary N) is 1. The van der Waals surface area contributed by atoms with Gasteiger partial charge in [-0.15, -0.1) is 0 Å². The summed E-state index contributed by atoms with van der Waals surface area (Å²) in [4.78, 5) is 0. The van der Waals surface area contributed by atoms with E-state index in [1.807, 2.05) is 36.4 Å². The van der Waals surface area contributed by atoms with Gasteiger partial charge in [0, 0.05) is 5.69 Å². The van der Waals surface area contributed by atoms with E-state index in [0.717, 1.165) is 5.69 Å². The highest BCUT2D eigenvalue weighted by Crippen LogP contribution is 2.28. The van der Waals surface area contributed by atoms with Gasteiger partial charge >= 0.3 is 0 Å². The second-order valence-electron chi connectivity index (χ2n) is 2.54. The van der Waals surface area contributed by atoms with Crippen molar-refractivity contribution in [1.82, 2.24) is 0 Å². The molecular formula is C9H12N3OP. The molecule has 0 spiro atoms. The summed E-state index contributed by atoms with van der Waals surface area (Å²) in [6.07, 6.45) is 0.368. The maximum Gasteiger partial charge on any atom is 0.209 e. The highest BCUT2D eigenvalue weighted by Gasteiger charge is 2.01. The van der Waals surface area contributed by atoms with Gasteiger partial charge in [0.15, 0.2) is 0 Å². The van der Waals surface area contributed by atoms with E-state index < -0.39 is 8.45 Å². The monoisotopic (exact) mass is 209 g/mol. The average Bonchev–Trinajstić information content (AvgIpc) is 2.20. The van der Waals surface area contributed by atoms with Crippen molar-refractivity contribution in [2.75, 3.05) is 11.7 Å². The standard InChI is InChI=1S/C9H12N3OP/c10-7-4-8-13-14(11)12-9-5-2-1-3-6-9/h1-3,5-6,12H,4,8,11H2. The van der Waals surface area contributed by atoms with E-state index in [-0.39, 0.29) is 0 Å². The first-order valence-corrected chi connectivity index (χ1v) is 5.52. The SMILES string of the molecule is N#CCCOP(N)Nc1ccccc1. The summed E-state index contributed by atoms with van der Waals surface area (Å²) >= 11 is 0. The van der Waals surface area contributed by atoms with Crippen LogP contribution >= 0.6 is 8.45 Å². The fraction of sp³-hybridized carbons (Fsp3) is 0.222. The molecule has 1 aromatic carbocycles. The summed E-state index contributed by atoms with van der Waals surface area (Å²) in [5, 5.41) is 11.3. The molecule has 3 N–H and O–H groups in total. The number of nitriles is 1. The molecule has 1 rings (SSSR count). The topological polar surface area (TPSA) is 71.1 Å². The van der Waals surface area contributed by atoms with Crippen LogP contribution in [0.5, 0.6) is 0 Å². The van der Waals surface area contributed by atoms with Crippen LogP contribution in [0.4, 0.5) is 5.69 Å². The van der Waals surface area contributed by atoms with Gasteiger partial charge in [-0.3, -0.25) is 5.50 Å². The Balaban J connectivity index is 2.28. The van der Waals surface area contributed by atoms with E-state index in [0.29, 0.717) is 13.0 Å². The molecule has 0 fully saturated rings. The molecule has 0 aliphatic heterocycles. The number of anilines is 1. The zero-order valence-electron chi connectivity index (χ0n) is 7.68. The van der Waals surface area contributed by atoms with Crippen molar-refractivity contribution in [2.24, 2.45) is 5.50 Å². The largest absolute Gasteiger partial charge is 0.330 e. The Kier molecular flexibility index (Phi) is 4.95. The molecule has 0 bridgehead atoms. The Bertz CT molecular complexity index is 299. The fourth-order valence-electron chi connectivity index (χ4n) is 0.862. The average molecular weight is 209 g/mol. The lowest BCUT2D eigenvalue weighted by atomic mass is 10.3. The summed E-state index contributed by atoms with van der Waals surface area (Å²) in [6.45, 7) is 0.374. The number of benzene rings is 1. The molecule has 0 radical (unpaired) electrons. The minimum atomic E-state index is -1.17. The van der Waals surface area contributed by atoms with Crippen LogP contribution in [0, 0.1) is 11.3 Å². The van der Waals surface area contributed by atoms with Crippen LogP contribution in [0.15, 0.2) is 30.3 Å². The molecule has 0 aromatic heterocycles. The molecule has 0 aliphatic rings. The molecule has 0 amide bonds. The fourth-order valence-corrected chi connectivity index (χ4v) is 1.62. The second kappa shape index (κ2) is 6.33. The van der Waals surface area contributed by atoms with Crippen LogP contribution < -0.4 is 10.6 Å². The van der Waals surface area contributed by atoms with Crippen molar-refractivity contribution in [3.05, 3.63) is 30.3 Å². The lowest BCUT2D eigenvalue weighted by Gasteiger charge is -2.13. The van der Waals surface area contributed by atoms with E-state index in [1.54, 1.807) is 0 Å². The highest BCUT2D eigenvalue weighted by molar-refractivity contribution is 7.51. The van der Waals surface area contributed by atoms with Gasteiger partial charge in [-0.05, 0) is 12.1 Å². The van der Waals surface area contributed by atoms with Gasteiger partial charge in [-0.1, -0.05) is 18.2 Å². The zero-order valence-corrected chi connectivity index (χ0v) is 8.58. The summed E-state index contributed by atoms with van der Waals surface area (Å²) in [6, 6.07) is 11.6. The van der Waals surface area contributed by atoms with Crippen LogP contribution in [0.1, 0.15) is 6.42 Å². The number of para-hydroxylation sites is 1. The number of hydrogen-bond acceptors (Lipinski definition) is 4. The van der Waals surface area contributed by atoms with E-state index in [9.17, 15) is 0 Å². The molecule has 0 heterocycles. The van der Waals surface area contributed by atoms with Crippen LogP contribution in [0.25, 0.3) is 0 Å². The maximum absolute atomic E-state index is 8.28. The molecule has 1 unspecified atom stereocenters. The molecule has 0 saturated carbocycles. The number of nitrogens with zero attached hydrogens (tertiary/aromatic N) is 1. The van der Waals surface area contributed by atoms with Gasteiger partial charge < -0.3 is 9.61 Å². The van der Waals surface area contributed by atoms with Crippen molar-refractivity contribution in [3.8, 4) is 6.07 Å². The van der Waals surface area contributed by atoms with Crippen molar-refractivity contribution in [1.29, 1.82) is 5.26 Å². The second-order valence-corrected chi connectivity index (χ2v) is 3.68. The highest BCUT2D eigenvalue weighted by atomic mass is 31.2. The van der Waals surface area contributed by atoms with Gasteiger partial charge in [-0.25, -0.2) is 0 Å². The molecule has 74 valence electrons. The minimum absolute atomic E-state index is 0.368. The minimum Gasteiger partial charge on any atom is -0.330 e. The molecule has 1 aromatic rings. The summed E-state index contributed by atoms with van der Waals surface area (Å²) in [5.41, 5.74) is 6.60. The summed E-state index contributed by atoms with van der Waals surface area (Å²) < 4.78 is 5.20. The van der Waals surface area contributed by atoms with Crippen LogP contribution in [0.3, 0.4) is 0 Å². The predicted molar refractivity (Wildman–Crippen MR) is 57.4 cm³/mol. The molecule has 14 heavy (non-hydrogen) atoms. The smallest absolute Gasteiger partial charge is 0.209 e. The summed E-state index contributed by atoms with van der Waals surface area (Å²) in [5.74, 6) is 0. The zero-order chi connectivity index (χ0) is 10.2. The Morgan fingerprint density at radius 1 is 1.43 bits per heavy atom. The van der Waals surface area contributed by atoms with Crippen LogP contribution in [0.2, 0.25) is 0 Å². The Labute approximate surface area is 84.6 Å². The van der Waals surface area contributed by atoms with E-state index in [2.05, 4.69) is 5.09 Å².